The lowest BCUT2D eigenvalue weighted by atomic mass is 10.0. The standard InChI is InChI=1S/C14H15N5OS2/c20-13-11(7-10-4-2-6-21-10)16-17-14-19(13)18-12(22-14)9-3-1-5-15-8-9/h2,4,6,9,15H,1,3,5,7-8H2. The zero-order chi connectivity index (χ0) is 14.9. The third kappa shape index (κ3) is 2.57. The Morgan fingerprint density at radius 2 is 2.36 bits per heavy atom. The van der Waals surface area contributed by atoms with Gasteiger partial charge in [0.25, 0.3) is 5.56 Å². The molecule has 1 atom stereocenters. The zero-order valence-electron chi connectivity index (χ0n) is 11.9. The zero-order valence-corrected chi connectivity index (χ0v) is 13.5. The first-order valence-electron chi connectivity index (χ1n) is 7.29. The lowest BCUT2D eigenvalue weighted by Crippen LogP contribution is -2.28. The van der Waals surface area contributed by atoms with Crippen molar-refractivity contribution in [3.05, 3.63) is 43.4 Å². The Morgan fingerprint density at radius 3 is 3.14 bits per heavy atom. The van der Waals surface area contributed by atoms with Crippen molar-refractivity contribution in [3.63, 3.8) is 0 Å². The van der Waals surface area contributed by atoms with Gasteiger partial charge in [0.15, 0.2) is 0 Å². The van der Waals surface area contributed by atoms with E-state index in [4.69, 9.17) is 0 Å². The van der Waals surface area contributed by atoms with Crippen LogP contribution in [0.4, 0.5) is 0 Å². The van der Waals surface area contributed by atoms with Gasteiger partial charge < -0.3 is 5.32 Å². The maximum absolute atomic E-state index is 12.5. The number of nitrogens with one attached hydrogen (secondary N) is 1. The second-order valence-corrected chi connectivity index (χ2v) is 7.41. The molecule has 0 radical (unpaired) electrons. The van der Waals surface area contributed by atoms with E-state index in [2.05, 4.69) is 20.6 Å². The second kappa shape index (κ2) is 5.86. The van der Waals surface area contributed by atoms with Gasteiger partial charge in [-0.2, -0.15) is 9.61 Å². The van der Waals surface area contributed by atoms with E-state index in [1.807, 2.05) is 17.5 Å². The van der Waals surface area contributed by atoms with Gasteiger partial charge in [-0.1, -0.05) is 17.4 Å². The largest absolute Gasteiger partial charge is 0.316 e. The summed E-state index contributed by atoms with van der Waals surface area (Å²) in [5.41, 5.74) is 0.309. The lowest BCUT2D eigenvalue weighted by molar-refractivity contribution is 0.457. The maximum Gasteiger partial charge on any atom is 0.297 e. The van der Waals surface area contributed by atoms with Gasteiger partial charge >= 0.3 is 0 Å². The second-order valence-electron chi connectivity index (χ2n) is 5.39. The van der Waals surface area contributed by atoms with Crippen molar-refractivity contribution in [1.29, 1.82) is 0 Å². The van der Waals surface area contributed by atoms with Crippen molar-refractivity contribution >= 4 is 27.6 Å². The maximum atomic E-state index is 12.5. The van der Waals surface area contributed by atoms with Crippen LogP contribution in [-0.4, -0.2) is 32.9 Å². The van der Waals surface area contributed by atoms with Gasteiger partial charge in [0.2, 0.25) is 4.96 Å². The number of hydrogen-bond acceptors (Lipinski definition) is 7. The molecule has 0 aromatic carbocycles. The van der Waals surface area contributed by atoms with Crippen LogP contribution in [0.3, 0.4) is 0 Å². The first-order valence-corrected chi connectivity index (χ1v) is 8.99. The molecule has 22 heavy (non-hydrogen) atoms. The van der Waals surface area contributed by atoms with Gasteiger partial charge in [-0.15, -0.1) is 21.5 Å². The van der Waals surface area contributed by atoms with Crippen LogP contribution in [0.1, 0.15) is 34.3 Å². The first-order chi connectivity index (χ1) is 10.8. The van der Waals surface area contributed by atoms with E-state index in [0.717, 1.165) is 35.8 Å². The van der Waals surface area contributed by atoms with E-state index >= 15 is 0 Å². The van der Waals surface area contributed by atoms with E-state index in [1.165, 1.54) is 15.9 Å². The molecular weight excluding hydrogens is 318 g/mol. The Morgan fingerprint density at radius 1 is 1.41 bits per heavy atom. The number of nitrogens with zero attached hydrogens (tertiary/aromatic N) is 4. The topological polar surface area (TPSA) is 72.2 Å². The first kappa shape index (κ1) is 14.0. The molecule has 114 valence electrons. The molecule has 1 saturated heterocycles. The van der Waals surface area contributed by atoms with Gasteiger partial charge in [0, 0.05) is 23.8 Å². The summed E-state index contributed by atoms with van der Waals surface area (Å²) in [6.45, 7) is 1.98. The van der Waals surface area contributed by atoms with Crippen LogP contribution in [0.2, 0.25) is 0 Å². The van der Waals surface area contributed by atoms with Crippen molar-refractivity contribution < 1.29 is 0 Å². The summed E-state index contributed by atoms with van der Waals surface area (Å²) in [6, 6.07) is 3.97. The summed E-state index contributed by atoms with van der Waals surface area (Å²) in [5.74, 6) is 0.376. The molecule has 0 aliphatic carbocycles. The highest BCUT2D eigenvalue weighted by molar-refractivity contribution is 7.16. The van der Waals surface area contributed by atoms with E-state index in [9.17, 15) is 4.79 Å². The Kier molecular flexibility index (Phi) is 3.73. The van der Waals surface area contributed by atoms with Gasteiger partial charge in [0.1, 0.15) is 10.7 Å². The fourth-order valence-electron chi connectivity index (χ4n) is 2.68. The molecule has 1 fully saturated rings. The SMILES string of the molecule is O=c1c(Cc2cccs2)nnc2sc(C3CCCNC3)nn12. The summed E-state index contributed by atoms with van der Waals surface area (Å²) in [4.78, 5) is 14.2. The summed E-state index contributed by atoms with van der Waals surface area (Å²) in [5, 5.41) is 19.2. The Hall–Kier alpha value is -1.64. The molecule has 1 unspecified atom stereocenters. The van der Waals surface area contributed by atoms with Crippen LogP contribution in [-0.2, 0) is 6.42 Å². The minimum atomic E-state index is -0.148. The van der Waals surface area contributed by atoms with E-state index in [1.54, 1.807) is 11.3 Å². The number of thiophene rings is 1. The third-order valence-electron chi connectivity index (χ3n) is 3.84. The molecule has 0 spiro atoms. The van der Waals surface area contributed by atoms with E-state index < -0.39 is 0 Å². The van der Waals surface area contributed by atoms with Crippen molar-refractivity contribution in [3.8, 4) is 0 Å². The normalized spacial score (nSPS) is 18.8. The van der Waals surface area contributed by atoms with Crippen LogP contribution in [0.5, 0.6) is 0 Å². The number of aromatic nitrogens is 4. The van der Waals surface area contributed by atoms with E-state index in [0.29, 0.717) is 23.0 Å². The third-order valence-corrected chi connectivity index (χ3v) is 5.78. The fraction of sp³-hybridized carbons (Fsp3) is 0.429. The predicted octanol–water partition coefficient (Wildman–Crippen LogP) is 1.67. The lowest BCUT2D eigenvalue weighted by Gasteiger charge is -2.19. The highest BCUT2D eigenvalue weighted by atomic mass is 32.1. The number of hydrogen-bond donors (Lipinski definition) is 1. The van der Waals surface area contributed by atoms with E-state index in [-0.39, 0.29) is 5.56 Å². The van der Waals surface area contributed by atoms with Gasteiger partial charge in [-0.05, 0) is 30.8 Å². The molecule has 1 aliphatic rings. The fourth-order valence-corrected chi connectivity index (χ4v) is 4.36. The van der Waals surface area contributed by atoms with Crippen LogP contribution in [0.15, 0.2) is 22.3 Å². The van der Waals surface area contributed by atoms with Crippen molar-refractivity contribution in [1.82, 2.24) is 25.1 Å². The smallest absolute Gasteiger partial charge is 0.297 e. The molecule has 3 aromatic heterocycles. The summed E-state index contributed by atoms with van der Waals surface area (Å²) in [7, 11) is 0. The van der Waals surface area contributed by atoms with Crippen LogP contribution in [0, 0.1) is 0 Å². The Balaban J connectivity index is 1.70. The molecule has 3 aromatic rings. The molecule has 4 rings (SSSR count). The molecule has 4 heterocycles. The molecule has 1 aliphatic heterocycles. The molecular formula is C14H15N5OS2. The minimum absolute atomic E-state index is 0.148. The van der Waals surface area contributed by atoms with Gasteiger partial charge in [0.05, 0.1) is 0 Å². The van der Waals surface area contributed by atoms with Crippen LogP contribution >= 0.6 is 22.7 Å². The average molecular weight is 333 g/mol. The quantitative estimate of drug-likeness (QED) is 0.789. The molecule has 0 bridgehead atoms. The monoisotopic (exact) mass is 333 g/mol. The predicted molar refractivity (Wildman–Crippen MR) is 86.9 cm³/mol. The van der Waals surface area contributed by atoms with Gasteiger partial charge in [-0.3, -0.25) is 4.79 Å². The van der Waals surface area contributed by atoms with Gasteiger partial charge in [-0.25, -0.2) is 0 Å². The molecule has 8 heteroatoms. The molecule has 0 saturated carbocycles. The van der Waals surface area contributed by atoms with Crippen molar-refractivity contribution in [2.24, 2.45) is 0 Å². The number of rotatable bonds is 3. The average Bonchev–Trinajstić information content (AvgIpc) is 3.21. The van der Waals surface area contributed by atoms with Crippen LogP contribution in [0.25, 0.3) is 4.96 Å². The highest BCUT2D eigenvalue weighted by Crippen LogP contribution is 2.26. The summed E-state index contributed by atoms with van der Waals surface area (Å²) < 4.78 is 1.42. The van der Waals surface area contributed by atoms with Crippen molar-refractivity contribution in [2.75, 3.05) is 13.1 Å². The van der Waals surface area contributed by atoms with Crippen molar-refractivity contribution in [2.45, 2.75) is 25.2 Å². The molecule has 0 amide bonds. The minimum Gasteiger partial charge on any atom is -0.316 e. The molecule has 1 N–H and O–H groups in total. The Bertz CT molecular complexity index is 833. The summed E-state index contributed by atoms with van der Waals surface area (Å²) in [6.07, 6.45) is 2.77. The number of piperidine rings is 1. The highest BCUT2D eigenvalue weighted by Gasteiger charge is 2.21. The van der Waals surface area contributed by atoms with Crippen LogP contribution < -0.4 is 10.9 Å². The Labute approximate surface area is 134 Å². The number of fused-ring (bicyclic) bond motifs is 1. The molecule has 6 nitrogen and oxygen atoms in total. The summed E-state index contributed by atoms with van der Waals surface area (Å²) >= 11 is 3.09.